The topological polar surface area (TPSA) is 25.1 Å². The summed E-state index contributed by atoms with van der Waals surface area (Å²) in [5, 5.41) is 0. The standard InChI is InChI=1S/C9H12O2/c1-2-4-7-9(11-7)5-8-6(3-1)10-8/h1-2,6-9H,3-5H2/t6-,7-,8-,9+/m0/s1. The van der Waals surface area contributed by atoms with E-state index in [1.165, 1.54) is 0 Å². The van der Waals surface area contributed by atoms with Gasteiger partial charge in [0, 0.05) is 6.42 Å². The minimum absolute atomic E-state index is 0.521. The Morgan fingerprint density at radius 3 is 1.91 bits per heavy atom. The summed E-state index contributed by atoms with van der Waals surface area (Å²) < 4.78 is 10.9. The summed E-state index contributed by atoms with van der Waals surface area (Å²) >= 11 is 0. The van der Waals surface area contributed by atoms with Gasteiger partial charge in [-0.15, -0.1) is 0 Å². The monoisotopic (exact) mass is 152 g/mol. The number of rotatable bonds is 0. The van der Waals surface area contributed by atoms with Crippen molar-refractivity contribution in [2.24, 2.45) is 0 Å². The SMILES string of the molecule is C1=CC[C@@H]2O[C@@H]2C[C@@H]2O[C@H]2C1. The summed E-state index contributed by atoms with van der Waals surface area (Å²) in [5.41, 5.74) is 0. The van der Waals surface area contributed by atoms with Gasteiger partial charge in [-0.2, -0.15) is 0 Å². The molecule has 0 radical (unpaired) electrons. The van der Waals surface area contributed by atoms with Gasteiger partial charge in [0.05, 0.1) is 24.4 Å². The average Bonchev–Trinajstić information content (AvgIpc) is 2.87. The Balaban J connectivity index is 1.71. The molecular weight excluding hydrogens is 140 g/mol. The molecule has 0 saturated carbocycles. The minimum Gasteiger partial charge on any atom is -0.369 e. The van der Waals surface area contributed by atoms with E-state index in [0.717, 1.165) is 19.3 Å². The molecule has 0 aromatic carbocycles. The van der Waals surface area contributed by atoms with Crippen LogP contribution in [-0.4, -0.2) is 24.4 Å². The molecule has 2 fully saturated rings. The van der Waals surface area contributed by atoms with Gasteiger partial charge in [-0.05, 0) is 12.8 Å². The maximum atomic E-state index is 5.46. The summed E-state index contributed by atoms with van der Waals surface area (Å²) in [6.07, 6.45) is 9.91. The Kier molecular flexibility index (Phi) is 1.17. The van der Waals surface area contributed by atoms with Gasteiger partial charge in [0.2, 0.25) is 0 Å². The summed E-state index contributed by atoms with van der Waals surface area (Å²) in [7, 11) is 0. The van der Waals surface area contributed by atoms with Crippen LogP contribution in [-0.2, 0) is 9.47 Å². The summed E-state index contributed by atoms with van der Waals surface area (Å²) in [6.45, 7) is 0. The Hall–Kier alpha value is -0.340. The third-order valence-electron chi connectivity index (χ3n) is 2.74. The number of fused-ring (bicyclic) bond motifs is 2. The van der Waals surface area contributed by atoms with Crippen LogP contribution < -0.4 is 0 Å². The summed E-state index contributed by atoms with van der Waals surface area (Å²) in [6, 6.07) is 0. The molecule has 60 valence electrons. The average molecular weight is 152 g/mol. The number of ether oxygens (including phenoxy) is 2. The highest BCUT2D eigenvalue weighted by atomic mass is 16.6. The molecule has 3 rings (SSSR count). The van der Waals surface area contributed by atoms with Crippen LogP contribution in [0.2, 0.25) is 0 Å². The van der Waals surface area contributed by atoms with E-state index in [1.807, 2.05) is 0 Å². The van der Waals surface area contributed by atoms with E-state index in [-0.39, 0.29) is 0 Å². The number of hydrogen-bond acceptors (Lipinski definition) is 2. The molecule has 2 aliphatic heterocycles. The van der Waals surface area contributed by atoms with Crippen molar-refractivity contribution in [3.8, 4) is 0 Å². The van der Waals surface area contributed by atoms with E-state index >= 15 is 0 Å². The molecule has 3 aliphatic rings. The molecule has 0 aromatic rings. The van der Waals surface area contributed by atoms with Crippen molar-refractivity contribution in [1.82, 2.24) is 0 Å². The van der Waals surface area contributed by atoms with Crippen molar-refractivity contribution in [1.29, 1.82) is 0 Å². The maximum absolute atomic E-state index is 5.46. The molecule has 0 N–H and O–H groups in total. The van der Waals surface area contributed by atoms with Crippen molar-refractivity contribution in [3.05, 3.63) is 12.2 Å². The zero-order chi connectivity index (χ0) is 7.26. The van der Waals surface area contributed by atoms with Crippen LogP contribution in [0, 0.1) is 0 Å². The summed E-state index contributed by atoms with van der Waals surface area (Å²) in [4.78, 5) is 0. The maximum Gasteiger partial charge on any atom is 0.0877 e. The molecule has 4 atom stereocenters. The van der Waals surface area contributed by atoms with Gasteiger partial charge >= 0.3 is 0 Å². The van der Waals surface area contributed by atoms with Crippen molar-refractivity contribution in [3.63, 3.8) is 0 Å². The molecule has 0 bridgehead atoms. The third kappa shape index (κ3) is 1.10. The quantitative estimate of drug-likeness (QED) is 0.385. The molecule has 2 nitrogen and oxygen atoms in total. The second-order valence-corrected chi connectivity index (χ2v) is 3.60. The third-order valence-corrected chi connectivity index (χ3v) is 2.74. The molecule has 11 heavy (non-hydrogen) atoms. The van der Waals surface area contributed by atoms with Crippen LogP contribution in [0.1, 0.15) is 19.3 Å². The lowest BCUT2D eigenvalue weighted by Gasteiger charge is -1.85. The van der Waals surface area contributed by atoms with E-state index in [0.29, 0.717) is 24.4 Å². The first-order valence-corrected chi connectivity index (χ1v) is 4.39. The molecule has 0 spiro atoms. The van der Waals surface area contributed by atoms with Gasteiger partial charge in [-0.3, -0.25) is 0 Å². The van der Waals surface area contributed by atoms with Crippen LogP contribution in [0.5, 0.6) is 0 Å². The second-order valence-electron chi connectivity index (χ2n) is 3.60. The number of epoxide rings is 2. The summed E-state index contributed by atoms with van der Waals surface area (Å²) in [5.74, 6) is 0. The van der Waals surface area contributed by atoms with Crippen LogP contribution in [0.4, 0.5) is 0 Å². The highest BCUT2D eigenvalue weighted by Crippen LogP contribution is 2.39. The molecular formula is C9H12O2. The zero-order valence-corrected chi connectivity index (χ0v) is 6.40. The number of hydrogen-bond donors (Lipinski definition) is 0. The lowest BCUT2D eigenvalue weighted by atomic mass is 10.1. The van der Waals surface area contributed by atoms with Crippen LogP contribution in [0.25, 0.3) is 0 Å². The Labute approximate surface area is 66.2 Å². The van der Waals surface area contributed by atoms with Gasteiger partial charge in [0.15, 0.2) is 0 Å². The van der Waals surface area contributed by atoms with E-state index in [4.69, 9.17) is 9.47 Å². The van der Waals surface area contributed by atoms with Crippen molar-refractivity contribution in [2.75, 3.05) is 0 Å². The normalized spacial score (nSPS) is 53.1. The molecule has 2 heterocycles. The molecule has 2 saturated heterocycles. The van der Waals surface area contributed by atoms with Gasteiger partial charge in [0.1, 0.15) is 0 Å². The van der Waals surface area contributed by atoms with Gasteiger partial charge in [-0.1, -0.05) is 12.2 Å². The van der Waals surface area contributed by atoms with E-state index in [9.17, 15) is 0 Å². The van der Waals surface area contributed by atoms with Crippen molar-refractivity contribution in [2.45, 2.75) is 43.7 Å². The lowest BCUT2D eigenvalue weighted by molar-refractivity contribution is 0.325. The fraction of sp³-hybridized carbons (Fsp3) is 0.778. The largest absolute Gasteiger partial charge is 0.369 e. The predicted molar refractivity (Wildman–Crippen MR) is 40.3 cm³/mol. The second kappa shape index (κ2) is 2.08. The van der Waals surface area contributed by atoms with E-state index in [2.05, 4.69) is 12.2 Å². The predicted octanol–water partition coefficient (Wildman–Crippen LogP) is 1.26. The van der Waals surface area contributed by atoms with E-state index < -0.39 is 0 Å². The van der Waals surface area contributed by atoms with Crippen LogP contribution in [0.3, 0.4) is 0 Å². The first-order valence-electron chi connectivity index (χ1n) is 4.39. The zero-order valence-electron chi connectivity index (χ0n) is 6.40. The van der Waals surface area contributed by atoms with Crippen molar-refractivity contribution < 1.29 is 9.47 Å². The fourth-order valence-electron chi connectivity index (χ4n) is 1.88. The fourth-order valence-corrected chi connectivity index (χ4v) is 1.88. The Morgan fingerprint density at radius 2 is 1.36 bits per heavy atom. The van der Waals surface area contributed by atoms with Crippen LogP contribution in [0.15, 0.2) is 12.2 Å². The van der Waals surface area contributed by atoms with Gasteiger partial charge in [0.25, 0.3) is 0 Å². The highest BCUT2D eigenvalue weighted by molar-refractivity contribution is 5.03. The Bertz CT molecular complexity index is 180. The minimum atomic E-state index is 0.521. The molecule has 0 unspecified atom stereocenters. The van der Waals surface area contributed by atoms with Crippen molar-refractivity contribution >= 4 is 0 Å². The smallest absolute Gasteiger partial charge is 0.0877 e. The van der Waals surface area contributed by atoms with Gasteiger partial charge in [-0.25, -0.2) is 0 Å². The molecule has 1 aliphatic carbocycles. The first-order chi connectivity index (χ1) is 5.43. The van der Waals surface area contributed by atoms with Crippen LogP contribution >= 0.6 is 0 Å². The highest BCUT2D eigenvalue weighted by Gasteiger charge is 2.47. The van der Waals surface area contributed by atoms with Gasteiger partial charge < -0.3 is 9.47 Å². The molecule has 0 aromatic heterocycles. The van der Waals surface area contributed by atoms with E-state index in [1.54, 1.807) is 0 Å². The Morgan fingerprint density at radius 1 is 0.818 bits per heavy atom. The lowest BCUT2D eigenvalue weighted by Crippen LogP contribution is -1.99. The molecule has 0 amide bonds. The molecule has 2 heteroatoms. The first kappa shape index (κ1) is 6.21.